The van der Waals surface area contributed by atoms with E-state index in [0.717, 1.165) is 23.5 Å². The highest BCUT2D eigenvalue weighted by Gasteiger charge is 2.20. The molecule has 0 aromatic carbocycles. The molecule has 0 bridgehead atoms. The number of carbonyl (C=O) groups excluding carboxylic acids is 1. The van der Waals surface area contributed by atoms with E-state index in [9.17, 15) is 4.79 Å². The lowest BCUT2D eigenvalue weighted by Gasteiger charge is -2.16. The second kappa shape index (κ2) is 6.08. The first kappa shape index (κ1) is 15.0. The summed E-state index contributed by atoms with van der Waals surface area (Å²) in [5, 5.41) is 4.14. The molecule has 0 unspecified atom stereocenters. The molecule has 116 valence electrons. The fourth-order valence-corrected chi connectivity index (χ4v) is 3.79. The second-order valence-corrected chi connectivity index (χ2v) is 7.09. The van der Waals surface area contributed by atoms with Crippen LogP contribution in [0.25, 0.3) is 0 Å². The third-order valence-electron chi connectivity index (χ3n) is 3.98. The van der Waals surface area contributed by atoms with Gasteiger partial charge in [0.15, 0.2) is 0 Å². The Morgan fingerprint density at radius 1 is 1.45 bits per heavy atom. The van der Waals surface area contributed by atoms with Crippen molar-refractivity contribution in [3.8, 4) is 0 Å². The number of thiophene rings is 1. The maximum atomic E-state index is 12.2. The average Bonchev–Trinajstić information content (AvgIpc) is 3.10. The fourth-order valence-electron chi connectivity index (χ4n) is 2.69. The largest absolute Gasteiger partial charge is 0.460 e. The quantitative estimate of drug-likeness (QED) is 0.689. The van der Waals surface area contributed by atoms with Crippen LogP contribution in [0.5, 0.6) is 0 Å². The maximum Gasteiger partial charge on any atom is 0.281 e. The van der Waals surface area contributed by atoms with Crippen LogP contribution in [0.4, 0.5) is 0 Å². The van der Waals surface area contributed by atoms with Crippen molar-refractivity contribution in [2.75, 3.05) is 0 Å². The minimum Gasteiger partial charge on any atom is -0.460 e. The highest BCUT2D eigenvalue weighted by molar-refractivity contribution is 7.14. The minimum absolute atomic E-state index is 0.144. The van der Waals surface area contributed by atoms with Gasteiger partial charge in [0.25, 0.3) is 5.91 Å². The molecule has 1 atom stereocenters. The van der Waals surface area contributed by atoms with E-state index in [2.05, 4.69) is 17.5 Å². The number of nitrogens with zero attached hydrogens (tertiary/aromatic N) is 1. The maximum absolute atomic E-state index is 12.2. The van der Waals surface area contributed by atoms with E-state index < -0.39 is 0 Å². The molecule has 3 rings (SSSR count). The smallest absolute Gasteiger partial charge is 0.281 e. The third kappa shape index (κ3) is 3.14. The number of amides is 1. The molecule has 1 aliphatic carbocycles. The van der Waals surface area contributed by atoms with E-state index in [1.165, 1.54) is 16.9 Å². The van der Waals surface area contributed by atoms with Gasteiger partial charge >= 0.3 is 0 Å². The molecule has 1 aliphatic rings. The van der Waals surface area contributed by atoms with Crippen LogP contribution in [0, 0.1) is 12.8 Å². The molecule has 22 heavy (non-hydrogen) atoms. The van der Waals surface area contributed by atoms with Gasteiger partial charge in [-0.05, 0) is 62.8 Å². The lowest BCUT2D eigenvalue weighted by atomic mass is 9.90. The first-order valence-electron chi connectivity index (χ1n) is 7.56. The number of nitrogens with one attached hydrogen (secondary N) is 1. The summed E-state index contributed by atoms with van der Waals surface area (Å²) in [4.78, 5) is 14.3. The first-order chi connectivity index (χ1) is 10.5. The summed E-state index contributed by atoms with van der Waals surface area (Å²) < 4.78 is 5.48. The van der Waals surface area contributed by atoms with Crippen molar-refractivity contribution >= 4 is 23.0 Å². The number of carbonyl (C=O) groups is 1. The van der Waals surface area contributed by atoms with Gasteiger partial charge in [0.2, 0.25) is 0 Å². The van der Waals surface area contributed by atoms with E-state index >= 15 is 0 Å². The molecule has 2 aromatic rings. The van der Waals surface area contributed by atoms with Gasteiger partial charge in [-0.2, -0.15) is 5.10 Å². The first-order valence-corrected chi connectivity index (χ1v) is 8.37. The van der Waals surface area contributed by atoms with Crippen LogP contribution in [0.2, 0.25) is 0 Å². The Morgan fingerprint density at radius 3 is 3.00 bits per heavy atom. The Hall–Kier alpha value is -1.88. The zero-order chi connectivity index (χ0) is 15.7. The van der Waals surface area contributed by atoms with Crippen LogP contribution in [0.15, 0.2) is 27.7 Å². The summed E-state index contributed by atoms with van der Waals surface area (Å²) in [5.41, 5.74) is 4.62. The molecule has 1 N–H and O–H groups in total. The van der Waals surface area contributed by atoms with Crippen LogP contribution in [0.3, 0.4) is 0 Å². The number of hydrogen-bond acceptors (Lipinski definition) is 4. The lowest BCUT2D eigenvalue weighted by Crippen LogP contribution is -2.18. The summed E-state index contributed by atoms with van der Waals surface area (Å²) in [6, 6.07) is 5.75. The molecule has 0 fully saturated rings. The van der Waals surface area contributed by atoms with Crippen molar-refractivity contribution in [3.63, 3.8) is 0 Å². The van der Waals surface area contributed by atoms with Gasteiger partial charge in [-0.1, -0.05) is 6.92 Å². The molecule has 5 heteroatoms. The molecule has 2 heterocycles. The SMILES string of the molecule is C/C(=N/NC(=O)c1cc2c(s1)CC[C@@H](C)C2)c1ccc(C)o1. The molecule has 0 radical (unpaired) electrons. The Labute approximate surface area is 134 Å². The molecule has 1 amide bonds. The monoisotopic (exact) mass is 316 g/mol. The van der Waals surface area contributed by atoms with Crippen molar-refractivity contribution in [1.82, 2.24) is 5.43 Å². The molecule has 0 aliphatic heterocycles. The summed E-state index contributed by atoms with van der Waals surface area (Å²) in [6.45, 7) is 5.96. The van der Waals surface area contributed by atoms with E-state index in [1.54, 1.807) is 11.3 Å². The lowest BCUT2D eigenvalue weighted by molar-refractivity contribution is 0.0959. The topological polar surface area (TPSA) is 54.6 Å². The van der Waals surface area contributed by atoms with Gasteiger partial charge in [-0.15, -0.1) is 11.3 Å². The van der Waals surface area contributed by atoms with Crippen LogP contribution >= 0.6 is 11.3 Å². The second-order valence-electron chi connectivity index (χ2n) is 5.96. The van der Waals surface area contributed by atoms with E-state index in [4.69, 9.17) is 4.42 Å². The van der Waals surface area contributed by atoms with Gasteiger partial charge in [-0.3, -0.25) is 4.79 Å². The molecule has 0 spiro atoms. The Morgan fingerprint density at radius 2 is 2.27 bits per heavy atom. The normalized spacial score (nSPS) is 18.1. The third-order valence-corrected chi connectivity index (χ3v) is 5.21. The van der Waals surface area contributed by atoms with E-state index in [1.807, 2.05) is 32.0 Å². The Bertz CT molecular complexity index is 727. The Balaban J connectivity index is 1.70. The number of hydrazone groups is 1. The zero-order valence-corrected chi connectivity index (χ0v) is 13.9. The number of aryl methyl sites for hydroxylation is 2. The van der Waals surface area contributed by atoms with Gasteiger partial charge in [0, 0.05) is 4.88 Å². The molecular formula is C17H20N2O2S. The molecule has 0 saturated carbocycles. The van der Waals surface area contributed by atoms with Crippen LogP contribution in [0.1, 0.15) is 51.9 Å². The van der Waals surface area contributed by atoms with Crippen LogP contribution in [-0.2, 0) is 12.8 Å². The van der Waals surface area contributed by atoms with Crippen molar-refractivity contribution in [2.45, 2.75) is 40.0 Å². The Kier molecular flexibility index (Phi) is 4.16. The van der Waals surface area contributed by atoms with Gasteiger partial charge < -0.3 is 4.42 Å². The van der Waals surface area contributed by atoms with E-state index in [0.29, 0.717) is 17.4 Å². The fraction of sp³-hybridized carbons (Fsp3) is 0.412. The predicted octanol–water partition coefficient (Wildman–Crippen LogP) is 3.93. The van der Waals surface area contributed by atoms with Gasteiger partial charge in [0.05, 0.1) is 4.88 Å². The predicted molar refractivity (Wildman–Crippen MR) is 88.6 cm³/mol. The highest BCUT2D eigenvalue weighted by Crippen LogP contribution is 2.32. The van der Waals surface area contributed by atoms with Gasteiger partial charge in [-0.25, -0.2) is 5.43 Å². The molecule has 2 aromatic heterocycles. The summed E-state index contributed by atoms with van der Waals surface area (Å²) >= 11 is 1.59. The van der Waals surface area contributed by atoms with Crippen LogP contribution < -0.4 is 5.43 Å². The molecular weight excluding hydrogens is 296 g/mol. The molecule has 4 nitrogen and oxygen atoms in total. The molecule has 0 saturated heterocycles. The van der Waals surface area contributed by atoms with Crippen molar-refractivity contribution < 1.29 is 9.21 Å². The van der Waals surface area contributed by atoms with Crippen molar-refractivity contribution in [3.05, 3.63) is 45.0 Å². The number of fused-ring (bicyclic) bond motifs is 1. The van der Waals surface area contributed by atoms with E-state index in [-0.39, 0.29) is 5.91 Å². The van der Waals surface area contributed by atoms with Crippen LogP contribution in [-0.4, -0.2) is 11.6 Å². The average molecular weight is 316 g/mol. The number of hydrogen-bond donors (Lipinski definition) is 1. The zero-order valence-electron chi connectivity index (χ0n) is 13.1. The van der Waals surface area contributed by atoms with Crippen molar-refractivity contribution in [1.29, 1.82) is 0 Å². The highest BCUT2D eigenvalue weighted by atomic mass is 32.1. The summed E-state index contributed by atoms with van der Waals surface area (Å²) in [6.07, 6.45) is 3.37. The number of rotatable bonds is 3. The van der Waals surface area contributed by atoms with Gasteiger partial charge in [0.1, 0.15) is 17.2 Å². The standard InChI is InChI=1S/C17H20N2O2S/c1-10-4-7-15-13(8-10)9-16(22-15)17(20)19-18-12(3)14-6-5-11(2)21-14/h5-6,9-10H,4,7-8H2,1-3H3,(H,19,20)/b18-12-/t10-/m1/s1. The van der Waals surface area contributed by atoms with Crippen molar-refractivity contribution in [2.24, 2.45) is 11.0 Å². The number of furan rings is 1. The summed E-state index contributed by atoms with van der Waals surface area (Å²) in [7, 11) is 0. The minimum atomic E-state index is -0.144. The summed E-state index contributed by atoms with van der Waals surface area (Å²) in [5.74, 6) is 2.07.